The van der Waals surface area contributed by atoms with E-state index in [0.717, 1.165) is 16.9 Å². The molecule has 2 rings (SSSR count). The standard InChI is InChI=1S/C13H15ClN4O/c1-8-11(12(14)18(2)17-8)7-16-10-5-3-9(4-6-10)13(15)19/h3-6,16H,7H2,1-2H3,(H2,15,19). The first-order valence-electron chi connectivity index (χ1n) is 5.80. The van der Waals surface area contributed by atoms with E-state index in [1.165, 1.54) is 0 Å². The Morgan fingerprint density at radius 1 is 1.42 bits per heavy atom. The van der Waals surface area contributed by atoms with Crippen LogP contribution in [0.25, 0.3) is 0 Å². The number of hydrogen-bond donors (Lipinski definition) is 2. The fourth-order valence-corrected chi connectivity index (χ4v) is 2.06. The Labute approximate surface area is 116 Å². The molecule has 0 unspecified atom stereocenters. The summed E-state index contributed by atoms with van der Waals surface area (Å²) in [5.74, 6) is -0.433. The summed E-state index contributed by atoms with van der Waals surface area (Å²) in [6.45, 7) is 2.49. The number of nitrogens with two attached hydrogens (primary N) is 1. The third-order valence-corrected chi connectivity index (χ3v) is 3.38. The highest BCUT2D eigenvalue weighted by Gasteiger charge is 2.10. The molecule has 1 aromatic carbocycles. The van der Waals surface area contributed by atoms with Crippen LogP contribution in [-0.2, 0) is 13.6 Å². The summed E-state index contributed by atoms with van der Waals surface area (Å²) in [6.07, 6.45) is 0. The minimum Gasteiger partial charge on any atom is -0.381 e. The fourth-order valence-electron chi connectivity index (χ4n) is 1.82. The third-order valence-electron chi connectivity index (χ3n) is 2.91. The Morgan fingerprint density at radius 2 is 2.05 bits per heavy atom. The van der Waals surface area contributed by atoms with E-state index in [4.69, 9.17) is 17.3 Å². The van der Waals surface area contributed by atoms with E-state index in [9.17, 15) is 4.79 Å². The maximum Gasteiger partial charge on any atom is 0.248 e. The molecule has 5 nitrogen and oxygen atoms in total. The van der Waals surface area contributed by atoms with Crippen molar-refractivity contribution in [3.05, 3.63) is 46.2 Å². The van der Waals surface area contributed by atoms with Gasteiger partial charge in [-0.2, -0.15) is 5.10 Å². The largest absolute Gasteiger partial charge is 0.381 e. The third kappa shape index (κ3) is 2.88. The van der Waals surface area contributed by atoms with Crippen LogP contribution in [0.4, 0.5) is 5.69 Å². The molecule has 1 aromatic heterocycles. The van der Waals surface area contributed by atoms with E-state index >= 15 is 0 Å². The SMILES string of the molecule is Cc1nn(C)c(Cl)c1CNc1ccc(C(N)=O)cc1. The van der Waals surface area contributed by atoms with Gasteiger partial charge in [-0.3, -0.25) is 9.48 Å². The maximum absolute atomic E-state index is 11.0. The van der Waals surface area contributed by atoms with Crippen molar-refractivity contribution in [2.24, 2.45) is 12.8 Å². The molecule has 0 spiro atoms. The molecule has 0 aliphatic rings. The zero-order valence-corrected chi connectivity index (χ0v) is 11.5. The second kappa shape index (κ2) is 5.32. The zero-order valence-electron chi connectivity index (χ0n) is 10.8. The van der Waals surface area contributed by atoms with Crippen LogP contribution in [0.2, 0.25) is 5.15 Å². The van der Waals surface area contributed by atoms with Crippen molar-refractivity contribution < 1.29 is 4.79 Å². The number of anilines is 1. The summed E-state index contributed by atoms with van der Waals surface area (Å²) >= 11 is 6.15. The first-order chi connectivity index (χ1) is 8.99. The van der Waals surface area contributed by atoms with Crippen molar-refractivity contribution in [1.29, 1.82) is 0 Å². The number of aromatic nitrogens is 2. The number of nitrogens with one attached hydrogen (secondary N) is 1. The fraction of sp³-hybridized carbons (Fsp3) is 0.231. The van der Waals surface area contributed by atoms with Gasteiger partial charge in [0.25, 0.3) is 0 Å². The predicted octanol–water partition coefficient (Wildman–Crippen LogP) is 2.09. The minimum atomic E-state index is -0.433. The first kappa shape index (κ1) is 13.4. The molecule has 0 radical (unpaired) electrons. The number of nitrogens with zero attached hydrogens (tertiary/aromatic N) is 2. The van der Waals surface area contributed by atoms with Crippen molar-refractivity contribution >= 4 is 23.2 Å². The Balaban J connectivity index is 2.08. The molecule has 1 heterocycles. The molecule has 0 aliphatic heterocycles. The van der Waals surface area contributed by atoms with Gasteiger partial charge in [-0.05, 0) is 31.2 Å². The van der Waals surface area contributed by atoms with E-state index in [2.05, 4.69) is 10.4 Å². The quantitative estimate of drug-likeness (QED) is 0.899. The highest BCUT2D eigenvalue weighted by molar-refractivity contribution is 6.30. The zero-order chi connectivity index (χ0) is 14.0. The van der Waals surface area contributed by atoms with Crippen LogP contribution in [0.1, 0.15) is 21.6 Å². The number of rotatable bonds is 4. The Bertz CT molecular complexity index is 604. The topological polar surface area (TPSA) is 72.9 Å². The monoisotopic (exact) mass is 278 g/mol. The summed E-state index contributed by atoms with van der Waals surface area (Å²) in [6, 6.07) is 6.98. The molecule has 2 aromatic rings. The first-order valence-corrected chi connectivity index (χ1v) is 6.18. The van der Waals surface area contributed by atoms with Gasteiger partial charge < -0.3 is 11.1 Å². The second-order valence-corrected chi connectivity index (χ2v) is 4.63. The summed E-state index contributed by atoms with van der Waals surface area (Å²) in [7, 11) is 1.81. The number of hydrogen-bond acceptors (Lipinski definition) is 3. The average Bonchev–Trinajstić information content (AvgIpc) is 2.62. The van der Waals surface area contributed by atoms with Crippen molar-refractivity contribution in [3.63, 3.8) is 0 Å². The minimum absolute atomic E-state index is 0.433. The molecular formula is C13H15ClN4O. The van der Waals surface area contributed by atoms with Gasteiger partial charge in [0, 0.05) is 30.4 Å². The number of carbonyl (C=O) groups excluding carboxylic acids is 1. The number of halogens is 1. The Kier molecular flexibility index (Phi) is 3.76. The Morgan fingerprint density at radius 3 is 2.53 bits per heavy atom. The van der Waals surface area contributed by atoms with Crippen LogP contribution in [-0.4, -0.2) is 15.7 Å². The smallest absolute Gasteiger partial charge is 0.248 e. The summed E-state index contributed by atoms with van der Waals surface area (Å²) in [5, 5.41) is 8.10. The molecule has 0 bridgehead atoms. The van der Waals surface area contributed by atoms with E-state index in [-0.39, 0.29) is 0 Å². The molecule has 0 aliphatic carbocycles. The summed E-state index contributed by atoms with van der Waals surface area (Å²) < 4.78 is 1.64. The van der Waals surface area contributed by atoms with E-state index in [1.807, 2.05) is 6.92 Å². The number of amides is 1. The lowest BCUT2D eigenvalue weighted by Crippen LogP contribution is -2.10. The molecule has 0 saturated carbocycles. The molecule has 0 saturated heterocycles. The van der Waals surface area contributed by atoms with Gasteiger partial charge in [-0.15, -0.1) is 0 Å². The number of carbonyl (C=O) groups is 1. The molecule has 19 heavy (non-hydrogen) atoms. The van der Waals surface area contributed by atoms with Crippen LogP contribution in [0.15, 0.2) is 24.3 Å². The van der Waals surface area contributed by atoms with Gasteiger partial charge in [-0.1, -0.05) is 11.6 Å². The van der Waals surface area contributed by atoms with Crippen LogP contribution >= 0.6 is 11.6 Å². The van der Waals surface area contributed by atoms with Crippen LogP contribution in [0.5, 0.6) is 0 Å². The van der Waals surface area contributed by atoms with Crippen molar-refractivity contribution in [1.82, 2.24) is 9.78 Å². The summed E-state index contributed by atoms with van der Waals surface area (Å²) in [4.78, 5) is 11.0. The summed E-state index contributed by atoms with van der Waals surface area (Å²) in [5.41, 5.74) is 8.42. The van der Waals surface area contributed by atoms with Crippen LogP contribution in [0, 0.1) is 6.92 Å². The average molecular weight is 279 g/mol. The molecule has 0 atom stereocenters. The number of primary amides is 1. The predicted molar refractivity (Wildman–Crippen MR) is 75.2 cm³/mol. The van der Waals surface area contributed by atoms with E-state index in [1.54, 1.807) is 36.0 Å². The molecule has 6 heteroatoms. The van der Waals surface area contributed by atoms with Gasteiger partial charge >= 0.3 is 0 Å². The lowest BCUT2D eigenvalue weighted by Gasteiger charge is -2.06. The van der Waals surface area contributed by atoms with Gasteiger partial charge in [0.2, 0.25) is 5.91 Å². The van der Waals surface area contributed by atoms with Crippen molar-refractivity contribution in [2.45, 2.75) is 13.5 Å². The van der Waals surface area contributed by atoms with E-state index < -0.39 is 5.91 Å². The molecule has 0 fully saturated rings. The molecule has 1 amide bonds. The van der Waals surface area contributed by atoms with Gasteiger partial charge in [0.1, 0.15) is 5.15 Å². The lowest BCUT2D eigenvalue weighted by atomic mass is 10.2. The van der Waals surface area contributed by atoms with Gasteiger partial charge in [0.05, 0.1) is 5.69 Å². The van der Waals surface area contributed by atoms with Gasteiger partial charge in [0.15, 0.2) is 0 Å². The van der Waals surface area contributed by atoms with Gasteiger partial charge in [-0.25, -0.2) is 0 Å². The van der Waals surface area contributed by atoms with Crippen LogP contribution < -0.4 is 11.1 Å². The molecule has 3 N–H and O–H groups in total. The second-order valence-electron chi connectivity index (χ2n) is 4.27. The highest BCUT2D eigenvalue weighted by Crippen LogP contribution is 2.20. The normalized spacial score (nSPS) is 10.5. The maximum atomic E-state index is 11.0. The molecular weight excluding hydrogens is 264 g/mol. The van der Waals surface area contributed by atoms with Crippen molar-refractivity contribution in [2.75, 3.05) is 5.32 Å². The molecule has 100 valence electrons. The number of benzene rings is 1. The van der Waals surface area contributed by atoms with Crippen LogP contribution in [0.3, 0.4) is 0 Å². The Hall–Kier alpha value is -2.01. The van der Waals surface area contributed by atoms with E-state index in [0.29, 0.717) is 17.3 Å². The lowest BCUT2D eigenvalue weighted by molar-refractivity contribution is 0.100. The number of aryl methyl sites for hydroxylation is 2. The highest BCUT2D eigenvalue weighted by atomic mass is 35.5. The van der Waals surface area contributed by atoms with Crippen molar-refractivity contribution in [3.8, 4) is 0 Å².